The molecule has 0 aliphatic rings. The van der Waals surface area contributed by atoms with Gasteiger partial charge in [0.2, 0.25) is 5.91 Å². The van der Waals surface area contributed by atoms with Gasteiger partial charge in [-0.05, 0) is 18.2 Å². The van der Waals surface area contributed by atoms with Gasteiger partial charge in [-0.3, -0.25) is 9.48 Å². The number of amides is 1. The van der Waals surface area contributed by atoms with E-state index < -0.39 is 0 Å². The highest BCUT2D eigenvalue weighted by Crippen LogP contribution is 2.27. The zero-order valence-corrected chi connectivity index (χ0v) is 14.3. The molecule has 0 atom stereocenters. The van der Waals surface area contributed by atoms with Crippen molar-refractivity contribution in [1.82, 2.24) is 14.7 Å². The third-order valence-corrected chi connectivity index (χ3v) is 3.65. The lowest BCUT2D eigenvalue weighted by Gasteiger charge is -2.17. The third kappa shape index (κ3) is 4.89. The van der Waals surface area contributed by atoms with Crippen molar-refractivity contribution in [1.29, 1.82) is 0 Å². The first-order valence-electron chi connectivity index (χ1n) is 7.28. The predicted octanol–water partition coefficient (Wildman–Crippen LogP) is 2.54. The lowest BCUT2D eigenvalue weighted by molar-refractivity contribution is -0.130. The number of anilines is 1. The Bertz CT molecular complexity index is 672. The molecule has 1 aromatic heterocycles. The second-order valence-corrected chi connectivity index (χ2v) is 5.73. The fourth-order valence-corrected chi connectivity index (χ4v) is 2.40. The van der Waals surface area contributed by atoms with Crippen LogP contribution in [0.5, 0.6) is 5.75 Å². The Hall–Kier alpha value is -2.21. The summed E-state index contributed by atoms with van der Waals surface area (Å²) in [6.45, 7) is 1.06. The molecule has 0 aliphatic carbocycles. The van der Waals surface area contributed by atoms with Crippen molar-refractivity contribution in [3.63, 3.8) is 0 Å². The summed E-state index contributed by atoms with van der Waals surface area (Å²) in [7, 11) is 5.24. The second-order valence-electron chi connectivity index (χ2n) is 5.29. The molecule has 0 unspecified atom stereocenters. The summed E-state index contributed by atoms with van der Waals surface area (Å²) >= 11 is 5.98. The van der Waals surface area contributed by atoms with Crippen molar-refractivity contribution in [3.05, 3.63) is 41.2 Å². The highest BCUT2D eigenvalue weighted by molar-refractivity contribution is 6.30. The molecule has 6 nitrogen and oxygen atoms in total. The number of hydrogen-bond acceptors (Lipinski definition) is 4. The Balaban J connectivity index is 1.83. The van der Waals surface area contributed by atoms with Crippen LogP contribution in [0.3, 0.4) is 0 Å². The molecule has 2 rings (SSSR count). The smallest absolute Gasteiger partial charge is 0.224 e. The molecule has 124 valence electrons. The molecule has 0 bridgehead atoms. The van der Waals surface area contributed by atoms with Gasteiger partial charge >= 0.3 is 0 Å². The summed E-state index contributed by atoms with van der Waals surface area (Å²) in [5, 5.41) is 7.90. The maximum absolute atomic E-state index is 12.2. The lowest BCUT2D eigenvalue weighted by atomic mass is 10.2. The molecule has 7 heteroatoms. The van der Waals surface area contributed by atoms with Gasteiger partial charge in [0, 0.05) is 50.4 Å². The number of halogens is 1. The maximum atomic E-state index is 12.2. The van der Waals surface area contributed by atoms with Crippen LogP contribution in [-0.2, 0) is 18.4 Å². The van der Waals surface area contributed by atoms with E-state index in [1.165, 1.54) is 0 Å². The Morgan fingerprint density at radius 1 is 1.48 bits per heavy atom. The number of carbonyl (C=O) groups excluding carboxylic acids is 1. The van der Waals surface area contributed by atoms with Crippen LogP contribution in [0.2, 0.25) is 5.02 Å². The van der Waals surface area contributed by atoms with Crippen molar-refractivity contribution in [2.24, 2.45) is 7.05 Å². The zero-order chi connectivity index (χ0) is 16.8. The van der Waals surface area contributed by atoms with E-state index in [9.17, 15) is 4.79 Å². The van der Waals surface area contributed by atoms with Crippen LogP contribution in [0.25, 0.3) is 0 Å². The molecule has 0 aliphatic heterocycles. The van der Waals surface area contributed by atoms with Gasteiger partial charge in [-0.1, -0.05) is 11.6 Å². The summed E-state index contributed by atoms with van der Waals surface area (Å²) in [6, 6.07) is 5.34. The van der Waals surface area contributed by atoms with Gasteiger partial charge in [-0.15, -0.1) is 0 Å². The van der Waals surface area contributed by atoms with Crippen LogP contribution < -0.4 is 10.1 Å². The van der Waals surface area contributed by atoms with E-state index in [2.05, 4.69) is 10.4 Å². The first-order valence-corrected chi connectivity index (χ1v) is 7.66. The average molecular weight is 337 g/mol. The van der Waals surface area contributed by atoms with E-state index >= 15 is 0 Å². The Labute approximate surface area is 141 Å². The molecule has 2 aromatic rings. The topological polar surface area (TPSA) is 59.4 Å². The number of carbonyl (C=O) groups is 1. The van der Waals surface area contributed by atoms with Crippen LogP contribution in [-0.4, -0.2) is 41.3 Å². The SMILES string of the molecule is COc1ccc(Cl)cc1NCCC(=O)N(C)Cc1cnn(C)c1. The van der Waals surface area contributed by atoms with Gasteiger partial charge < -0.3 is 15.0 Å². The minimum Gasteiger partial charge on any atom is -0.495 e. The first kappa shape index (κ1) is 17.1. The summed E-state index contributed by atoms with van der Waals surface area (Å²) in [6.07, 6.45) is 4.05. The summed E-state index contributed by atoms with van der Waals surface area (Å²) in [5.74, 6) is 0.757. The van der Waals surface area contributed by atoms with Gasteiger partial charge in [-0.2, -0.15) is 5.10 Å². The number of benzene rings is 1. The maximum Gasteiger partial charge on any atom is 0.224 e. The molecule has 0 spiro atoms. The van der Waals surface area contributed by atoms with E-state index in [0.717, 1.165) is 11.3 Å². The van der Waals surface area contributed by atoms with Gasteiger partial charge in [-0.25, -0.2) is 0 Å². The largest absolute Gasteiger partial charge is 0.495 e. The van der Waals surface area contributed by atoms with Crippen molar-refractivity contribution in [2.45, 2.75) is 13.0 Å². The fourth-order valence-electron chi connectivity index (χ4n) is 2.23. The van der Waals surface area contributed by atoms with Gasteiger partial charge in [0.15, 0.2) is 0 Å². The minimum atomic E-state index is 0.0577. The number of rotatable bonds is 7. The quantitative estimate of drug-likeness (QED) is 0.844. The van der Waals surface area contributed by atoms with Crippen molar-refractivity contribution in [2.75, 3.05) is 26.0 Å². The van der Waals surface area contributed by atoms with E-state index in [0.29, 0.717) is 30.3 Å². The van der Waals surface area contributed by atoms with Gasteiger partial charge in [0.05, 0.1) is 19.0 Å². The number of nitrogens with one attached hydrogen (secondary N) is 1. The number of hydrogen-bond donors (Lipinski definition) is 1. The van der Waals surface area contributed by atoms with Crippen LogP contribution in [0, 0.1) is 0 Å². The molecule has 1 heterocycles. The Morgan fingerprint density at radius 2 is 2.26 bits per heavy atom. The Morgan fingerprint density at radius 3 is 2.91 bits per heavy atom. The molecular formula is C16H21ClN4O2. The molecule has 0 saturated carbocycles. The van der Waals surface area contributed by atoms with Crippen LogP contribution in [0.15, 0.2) is 30.6 Å². The third-order valence-electron chi connectivity index (χ3n) is 3.42. The minimum absolute atomic E-state index is 0.0577. The molecule has 23 heavy (non-hydrogen) atoms. The van der Waals surface area contributed by atoms with E-state index in [-0.39, 0.29) is 5.91 Å². The van der Waals surface area contributed by atoms with E-state index in [1.54, 1.807) is 48.1 Å². The van der Waals surface area contributed by atoms with Crippen molar-refractivity contribution >= 4 is 23.2 Å². The van der Waals surface area contributed by atoms with E-state index in [1.807, 2.05) is 13.2 Å². The molecule has 1 aromatic carbocycles. The monoisotopic (exact) mass is 336 g/mol. The van der Waals surface area contributed by atoms with Crippen molar-refractivity contribution < 1.29 is 9.53 Å². The summed E-state index contributed by atoms with van der Waals surface area (Å²) < 4.78 is 6.98. The molecule has 1 amide bonds. The standard InChI is InChI=1S/C16H21ClN4O2/c1-20(10-12-9-19-21(2)11-12)16(22)6-7-18-14-8-13(17)4-5-15(14)23-3/h4-5,8-9,11,18H,6-7,10H2,1-3H3. The van der Waals surface area contributed by atoms with Crippen LogP contribution >= 0.6 is 11.6 Å². The number of aromatic nitrogens is 2. The number of ether oxygens (including phenoxy) is 1. The molecule has 0 saturated heterocycles. The number of nitrogens with zero attached hydrogens (tertiary/aromatic N) is 3. The average Bonchev–Trinajstić information content (AvgIpc) is 2.92. The van der Waals surface area contributed by atoms with Gasteiger partial charge in [0.1, 0.15) is 5.75 Å². The highest BCUT2D eigenvalue weighted by Gasteiger charge is 2.11. The van der Waals surface area contributed by atoms with Crippen LogP contribution in [0.1, 0.15) is 12.0 Å². The van der Waals surface area contributed by atoms with Gasteiger partial charge in [0.25, 0.3) is 0 Å². The lowest BCUT2D eigenvalue weighted by Crippen LogP contribution is -2.27. The Kier molecular flexibility index (Phi) is 5.87. The van der Waals surface area contributed by atoms with Crippen LogP contribution in [0.4, 0.5) is 5.69 Å². The number of methoxy groups -OCH3 is 1. The zero-order valence-electron chi connectivity index (χ0n) is 13.5. The fraction of sp³-hybridized carbons (Fsp3) is 0.375. The molecular weight excluding hydrogens is 316 g/mol. The second kappa shape index (κ2) is 7.87. The first-order chi connectivity index (χ1) is 11.0. The normalized spacial score (nSPS) is 10.4. The molecule has 0 fully saturated rings. The predicted molar refractivity (Wildman–Crippen MR) is 90.8 cm³/mol. The summed E-state index contributed by atoms with van der Waals surface area (Å²) in [4.78, 5) is 13.9. The van der Waals surface area contributed by atoms with E-state index in [4.69, 9.17) is 16.3 Å². The number of aryl methyl sites for hydroxylation is 1. The summed E-state index contributed by atoms with van der Waals surface area (Å²) in [5.41, 5.74) is 1.79. The molecule has 1 N–H and O–H groups in total. The highest BCUT2D eigenvalue weighted by atomic mass is 35.5. The molecule has 0 radical (unpaired) electrons. The van der Waals surface area contributed by atoms with Crippen molar-refractivity contribution in [3.8, 4) is 5.75 Å².